The van der Waals surface area contributed by atoms with Crippen molar-refractivity contribution in [1.82, 2.24) is 10.2 Å². The molecule has 1 aliphatic heterocycles. The fraction of sp³-hybridized carbons (Fsp3) is 0.333. The topological polar surface area (TPSA) is 75.4 Å². The SMILES string of the molecule is Cc1ccc(C(=O)N2CCC(NC(=O)c3ccc(CN)cc3)CC2)cc1.Cl. The van der Waals surface area contributed by atoms with Gasteiger partial charge in [0.05, 0.1) is 0 Å². The highest BCUT2D eigenvalue weighted by Gasteiger charge is 2.24. The summed E-state index contributed by atoms with van der Waals surface area (Å²) in [6.07, 6.45) is 1.54. The summed E-state index contributed by atoms with van der Waals surface area (Å²) in [7, 11) is 0. The molecule has 1 aliphatic rings. The molecule has 0 spiro atoms. The normalized spacial score (nSPS) is 14.4. The smallest absolute Gasteiger partial charge is 0.253 e. The quantitative estimate of drug-likeness (QED) is 0.846. The van der Waals surface area contributed by atoms with Crippen molar-refractivity contribution in [3.05, 3.63) is 70.8 Å². The van der Waals surface area contributed by atoms with Crippen LogP contribution in [0, 0.1) is 6.92 Å². The Bertz CT molecular complexity index is 767. The molecule has 5 nitrogen and oxygen atoms in total. The van der Waals surface area contributed by atoms with Gasteiger partial charge in [-0.15, -0.1) is 12.4 Å². The fourth-order valence-electron chi connectivity index (χ4n) is 3.17. The third kappa shape index (κ3) is 5.31. The largest absolute Gasteiger partial charge is 0.349 e. The van der Waals surface area contributed by atoms with E-state index in [9.17, 15) is 9.59 Å². The first-order chi connectivity index (χ1) is 12.6. The lowest BCUT2D eigenvalue weighted by Gasteiger charge is -2.32. The van der Waals surface area contributed by atoms with Gasteiger partial charge in [0.15, 0.2) is 0 Å². The summed E-state index contributed by atoms with van der Waals surface area (Å²) in [5, 5.41) is 3.07. The molecule has 3 N–H and O–H groups in total. The highest BCUT2D eigenvalue weighted by atomic mass is 35.5. The predicted molar refractivity (Wildman–Crippen MR) is 109 cm³/mol. The van der Waals surface area contributed by atoms with Crippen molar-refractivity contribution >= 4 is 24.2 Å². The molecule has 2 aromatic carbocycles. The standard InChI is InChI=1S/C21H25N3O2.ClH/c1-15-2-6-18(7-3-15)21(26)24-12-10-19(11-13-24)23-20(25)17-8-4-16(14-22)5-9-17;/h2-9,19H,10-14,22H2,1H3,(H,23,25);1H. The molecule has 0 atom stereocenters. The summed E-state index contributed by atoms with van der Waals surface area (Å²) >= 11 is 0. The van der Waals surface area contributed by atoms with Gasteiger partial charge in [-0.25, -0.2) is 0 Å². The van der Waals surface area contributed by atoms with E-state index in [1.165, 1.54) is 0 Å². The average molecular weight is 388 g/mol. The van der Waals surface area contributed by atoms with Crippen LogP contribution >= 0.6 is 12.4 Å². The van der Waals surface area contributed by atoms with Gasteiger partial charge in [-0.05, 0) is 49.6 Å². The zero-order valence-corrected chi connectivity index (χ0v) is 16.3. The van der Waals surface area contributed by atoms with Crippen LogP contribution in [0.1, 0.15) is 44.7 Å². The molecule has 6 heteroatoms. The molecule has 1 fully saturated rings. The summed E-state index contributed by atoms with van der Waals surface area (Å²) in [5.41, 5.74) is 9.08. The van der Waals surface area contributed by atoms with Crippen molar-refractivity contribution in [2.45, 2.75) is 32.4 Å². The number of benzene rings is 2. The van der Waals surface area contributed by atoms with Gasteiger partial charge in [0, 0.05) is 36.8 Å². The number of carbonyl (C=O) groups is 2. The number of halogens is 1. The Labute approximate surface area is 166 Å². The third-order valence-corrected chi connectivity index (χ3v) is 4.87. The summed E-state index contributed by atoms with van der Waals surface area (Å²) in [6, 6.07) is 15.1. The minimum absolute atomic E-state index is 0. The first-order valence-corrected chi connectivity index (χ1v) is 9.02. The fourth-order valence-corrected chi connectivity index (χ4v) is 3.17. The van der Waals surface area contributed by atoms with E-state index in [1.807, 2.05) is 48.2 Å². The Morgan fingerprint density at radius 1 is 1.00 bits per heavy atom. The molecule has 27 heavy (non-hydrogen) atoms. The van der Waals surface area contributed by atoms with E-state index < -0.39 is 0 Å². The molecule has 2 amide bonds. The molecule has 0 aromatic heterocycles. The van der Waals surface area contributed by atoms with Crippen molar-refractivity contribution in [1.29, 1.82) is 0 Å². The Morgan fingerprint density at radius 2 is 1.56 bits per heavy atom. The van der Waals surface area contributed by atoms with E-state index >= 15 is 0 Å². The van der Waals surface area contributed by atoms with Crippen LogP contribution in [0.3, 0.4) is 0 Å². The number of hydrogen-bond donors (Lipinski definition) is 2. The van der Waals surface area contributed by atoms with Gasteiger partial charge in [0.1, 0.15) is 0 Å². The number of nitrogens with one attached hydrogen (secondary N) is 1. The minimum atomic E-state index is -0.0723. The third-order valence-electron chi connectivity index (χ3n) is 4.87. The first-order valence-electron chi connectivity index (χ1n) is 9.02. The number of likely N-dealkylation sites (tertiary alicyclic amines) is 1. The summed E-state index contributed by atoms with van der Waals surface area (Å²) in [5.74, 6) is -0.0102. The van der Waals surface area contributed by atoms with Crippen molar-refractivity contribution in [2.24, 2.45) is 5.73 Å². The average Bonchev–Trinajstić information content (AvgIpc) is 2.68. The molecule has 2 aromatic rings. The molecular weight excluding hydrogens is 362 g/mol. The van der Waals surface area contributed by atoms with Crippen LogP contribution < -0.4 is 11.1 Å². The number of nitrogens with zero attached hydrogens (tertiary/aromatic N) is 1. The second-order valence-electron chi connectivity index (χ2n) is 6.81. The molecule has 3 rings (SSSR count). The molecule has 144 valence electrons. The highest BCUT2D eigenvalue weighted by Crippen LogP contribution is 2.15. The van der Waals surface area contributed by atoms with E-state index in [1.54, 1.807) is 12.1 Å². The van der Waals surface area contributed by atoms with E-state index in [-0.39, 0.29) is 30.3 Å². The number of rotatable bonds is 4. The number of carbonyl (C=O) groups excluding carboxylic acids is 2. The molecule has 0 aliphatic carbocycles. The summed E-state index contributed by atoms with van der Waals surface area (Å²) in [4.78, 5) is 26.8. The Morgan fingerprint density at radius 3 is 2.11 bits per heavy atom. The number of aryl methyl sites for hydroxylation is 1. The number of hydrogen-bond acceptors (Lipinski definition) is 3. The van der Waals surface area contributed by atoms with E-state index in [2.05, 4.69) is 5.32 Å². The van der Waals surface area contributed by atoms with Crippen molar-refractivity contribution < 1.29 is 9.59 Å². The zero-order chi connectivity index (χ0) is 18.5. The van der Waals surface area contributed by atoms with E-state index in [0.717, 1.165) is 29.5 Å². The summed E-state index contributed by atoms with van der Waals surface area (Å²) < 4.78 is 0. The minimum Gasteiger partial charge on any atom is -0.349 e. The van der Waals surface area contributed by atoms with Crippen LogP contribution in [0.25, 0.3) is 0 Å². The monoisotopic (exact) mass is 387 g/mol. The Kier molecular flexibility index (Phi) is 7.39. The van der Waals surface area contributed by atoms with Crippen LogP contribution in [0.2, 0.25) is 0 Å². The Hall–Kier alpha value is -2.37. The van der Waals surface area contributed by atoms with Crippen LogP contribution in [-0.4, -0.2) is 35.8 Å². The zero-order valence-electron chi connectivity index (χ0n) is 15.5. The van der Waals surface area contributed by atoms with E-state index in [0.29, 0.717) is 25.2 Å². The highest BCUT2D eigenvalue weighted by molar-refractivity contribution is 5.95. The van der Waals surface area contributed by atoms with Crippen molar-refractivity contribution in [2.75, 3.05) is 13.1 Å². The van der Waals surface area contributed by atoms with Gasteiger partial charge in [-0.1, -0.05) is 29.8 Å². The predicted octanol–water partition coefficient (Wildman–Crippen LogP) is 2.91. The molecule has 1 heterocycles. The lowest BCUT2D eigenvalue weighted by molar-refractivity contribution is 0.0698. The maximum absolute atomic E-state index is 12.6. The second kappa shape index (κ2) is 9.53. The van der Waals surface area contributed by atoms with Crippen LogP contribution in [0.5, 0.6) is 0 Å². The number of amides is 2. The molecule has 0 saturated carbocycles. The second-order valence-corrected chi connectivity index (χ2v) is 6.81. The van der Waals surface area contributed by atoms with Gasteiger partial charge in [-0.3, -0.25) is 9.59 Å². The van der Waals surface area contributed by atoms with Crippen LogP contribution in [-0.2, 0) is 6.54 Å². The van der Waals surface area contributed by atoms with Gasteiger partial charge < -0.3 is 16.0 Å². The van der Waals surface area contributed by atoms with Gasteiger partial charge in [0.2, 0.25) is 0 Å². The van der Waals surface area contributed by atoms with Gasteiger partial charge in [-0.2, -0.15) is 0 Å². The number of piperidine rings is 1. The molecule has 0 bridgehead atoms. The van der Waals surface area contributed by atoms with Crippen molar-refractivity contribution in [3.63, 3.8) is 0 Å². The van der Waals surface area contributed by atoms with Crippen LogP contribution in [0.15, 0.2) is 48.5 Å². The van der Waals surface area contributed by atoms with E-state index in [4.69, 9.17) is 5.73 Å². The number of nitrogens with two attached hydrogens (primary N) is 1. The van der Waals surface area contributed by atoms with Gasteiger partial charge >= 0.3 is 0 Å². The molecule has 1 saturated heterocycles. The van der Waals surface area contributed by atoms with Crippen molar-refractivity contribution in [3.8, 4) is 0 Å². The van der Waals surface area contributed by atoms with Gasteiger partial charge in [0.25, 0.3) is 11.8 Å². The first kappa shape index (κ1) is 20.9. The lowest BCUT2D eigenvalue weighted by Crippen LogP contribution is -2.46. The maximum atomic E-state index is 12.6. The summed E-state index contributed by atoms with van der Waals surface area (Å²) in [6.45, 7) is 3.79. The Balaban J connectivity index is 0.00000261. The maximum Gasteiger partial charge on any atom is 0.253 e. The molecular formula is C21H26ClN3O2. The lowest BCUT2D eigenvalue weighted by atomic mass is 10.0. The van der Waals surface area contributed by atoms with Crippen LogP contribution in [0.4, 0.5) is 0 Å². The molecule has 0 radical (unpaired) electrons. The molecule has 0 unspecified atom stereocenters.